The zero-order valence-corrected chi connectivity index (χ0v) is 20.3. The number of carbonyl (C=O) groups is 2. The van der Waals surface area contributed by atoms with Crippen LogP contribution in [-0.4, -0.2) is 33.8 Å². The number of ether oxygens (including phenoxy) is 1. The summed E-state index contributed by atoms with van der Waals surface area (Å²) in [5.41, 5.74) is 3.60. The van der Waals surface area contributed by atoms with Gasteiger partial charge < -0.3 is 4.74 Å². The van der Waals surface area contributed by atoms with E-state index in [0.717, 1.165) is 27.1 Å². The van der Waals surface area contributed by atoms with E-state index in [1.54, 1.807) is 36.4 Å². The number of Topliss-reactive ketones (excluding diaryl/α,β-unsaturated/α-hetero) is 1. The van der Waals surface area contributed by atoms with Gasteiger partial charge in [-0.3, -0.25) is 9.10 Å². The van der Waals surface area contributed by atoms with Crippen LogP contribution in [0.4, 0.5) is 5.69 Å². The zero-order valence-electron chi connectivity index (χ0n) is 18.8. The molecule has 0 aromatic heterocycles. The lowest BCUT2D eigenvalue weighted by Crippen LogP contribution is -2.26. The summed E-state index contributed by atoms with van der Waals surface area (Å²) in [5.74, 6) is -1.23. The Labute approximate surface area is 198 Å². The van der Waals surface area contributed by atoms with E-state index in [1.165, 1.54) is 19.2 Å². The summed E-state index contributed by atoms with van der Waals surface area (Å²) in [7, 11) is -2.54. The minimum absolute atomic E-state index is 0.0242. The van der Waals surface area contributed by atoms with Crippen molar-refractivity contribution in [1.82, 2.24) is 0 Å². The average molecular weight is 486 g/mol. The highest BCUT2D eigenvalue weighted by Crippen LogP contribution is 2.26. The number of halogens is 1. The van der Waals surface area contributed by atoms with Crippen molar-refractivity contribution in [1.29, 1.82) is 0 Å². The molecular weight excluding hydrogens is 462 g/mol. The molecule has 0 saturated carbocycles. The molecule has 0 aliphatic rings. The summed E-state index contributed by atoms with van der Waals surface area (Å²) in [6.07, 6.45) is 0. The zero-order chi connectivity index (χ0) is 24.3. The summed E-state index contributed by atoms with van der Waals surface area (Å²) in [4.78, 5) is 25.1. The second-order valence-corrected chi connectivity index (χ2v) is 10.1. The van der Waals surface area contributed by atoms with E-state index in [-0.39, 0.29) is 21.3 Å². The quantitative estimate of drug-likeness (QED) is 0.342. The van der Waals surface area contributed by atoms with Crippen molar-refractivity contribution in [2.24, 2.45) is 0 Å². The molecule has 6 nitrogen and oxygen atoms in total. The highest BCUT2D eigenvalue weighted by Gasteiger charge is 2.24. The van der Waals surface area contributed by atoms with Gasteiger partial charge in [-0.05, 0) is 73.9 Å². The number of aryl methyl sites for hydroxylation is 3. The van der Waals surface area contributed by atoms with E-state index >= 15 is 0 Å². The van der Waals surface area contributed by atoms with Crippen LogP contribution in [-0.2, 0) is 14.8 Å². The van der Waals surface area contributed by atoms with Crippen LogP contribution in [0.1, 0.15) is 37.4 Å². The molecule has 0 aliphatic heterocycles. The monoisotopic (exact) mass is 485 g/mol. The minimum atomic E-state index is -3.95. The van der Waals surface area contributed by atoms with Crippen LogP contribution in [0.3, 0.4) is 0 Å². The fourth-order valence-electron chi connectivity index (χ4n) is 3.30. The third-order valence-electron chi connectivity index (χ3n) is 5.41. The second kappa shape index (κ2) is 9.77. The third-order valence-corrected chi connectivity index (χ3v) is 7.52. The second-order valence-electron chi connectivity index (χ2n) is 7.70. The van der Waals surface area contributed by atoms with Crippen LogP contribution in [0.5, 0.6) is 0 Å². The molecule has 3 aromatic rings. The van der Waals surface area contributed by atoms with Crippen molar-refractivity contribution >= 4 is 39.1 Å². The van der Waals surface area contributed by atoms with Crippen LogP contribution in [0.25, 0.3) is 0 Å². The number of ketones is 1. The van der Waals surface area contributed by atoms with Crippen molar-refractivity contribution in [2.45, 2.75) is 25.7 Å². The molecule has 172 valence electrons. The Morgan fingerprint density at radius 1 is 0.879 bits per heavy atom. The number of carbonyl (C=O) groups excluding carboxylic acids is 2. The van der Waals surface area contributed by atoms with Gasteiger partial charge in [0.1, 0.15) is 0 Å². The Balaban J connectivity index is 1.81. The average Bonchev–Trinajstić information content (AvgIpc) is 2.79. The number of benzene rings is 3. The molecule has 0 atom stereocenters. The van der Waals surface area contributed by atoms with Gasteiger partial charge in [0.25, 0.3) is 10.0 Å². The van der Waals surface area contributed by atoms with Gasteiger partial charge in [0.05, 0.1) is 21.2 Å². The molecule has 0 N–H and O–H groups in total. The van der Waals surface area contributed by atoms with Crippen molar-refractivity contribution in [2.75, 3.05) is 18.0 Å². The molecule has 3 rings (SSSR count). The van der Waals surface area contributed by atoms with Crippen molar-refractivity contribution in [3.63, 3.8) is 0 Å². The Kier molecular flexibility index (Phi) is 7.25. The standard InChI is InChI=1S/C25H24ClNO5S/c1-16-12-18(3)21(13-17(16)2)24(28)15-32-25(29)22-14-20(10-11-23(22)26)33(30,31)27(4)19-8-6-5-7-9-19/h5-14H,15H2,1-4H3. The highest BCUT2D eigenvalue weighted by atomic mass is 35.5. The molecule has 0 radical (unpaired) electrons. The van der Waals surface area contributed by atoms with Crippen molar-refractivity contribution in [3.05, 3.63) is 93.5 Å². The first-order valence-corrected chi connectivity index (χ1v) is 12.0. The van der Waals surface area contributed by atoms with Gasteiger partial charge in [-0.25, -0.2) is 13.2 Å². The number of rotatable bonds is 7. The van der Waals surface area contributed by atoms with Gasteiger partial charge in [-0.1, -0.05) is 35.9 Å². The Bertz CT molecular complexity index is 1320. The van der Waals surface area contributed by atoms with Gasteiger partial charge in [0.15, 0.2) is 6.61 Å². The number of para-hydroxylation sites is 1. The molecule has 0 aliphatic carbocycles. The van der Waals surface area contributed by atoms with Crippen LogP contribution >= 0.6 is 11.6 Å². The Morgan fingerprint density at radius 2 is 1.52 bits per heavy atom. The lowest BCUT2D eigenvalue weighted by Gasteiger charge is -2.20. The van der Waals surface area contributed by atoms with Gasteiger partial charge >= 0.3 is 5.97 Å². The van der Waals surface area contributed by atoms with E-state index in [0.29, 0.717) is 11.3 Å². The molecule has 8 heteroatoms. The van der Waals surface area contributed by atoms with Crippen LogP contribution in [0.2, 0.25) is 5.02 Å². The molecule has 0 unspecified atom stereocenters. The van der Waals surface area contributed by atoms with Crippen molar-refractivity contribution in [3.8, 4) is 0 Å². The maximum absolute atomic E-state index is 13.0. The fourth-order valence-corrected chi connectivity index (χ4v) is 4.72. The number of sulfonamides is 1. The maximum Gasteiger partial charge on any atom is 0.340 e. The van der Waals surface area contributed by atoms with Crippen molar-refractivity contribution < 1.29 is 22.7 Å². The molecule has 33 heavy (non-hydrogen) atoms. The van der Waals surface area contributed by atoms with Gasteiger partial charge in [0.2, 0.25) is 5.78 Å². The highest BCUT2D eigenvalue weighted by molar-refractivity contribution is 7.92. The third kappa shape index (κ3) is 5.26. The summed E-state index contributed by atoms with van der Waals surface area (Å²) >= 11 is 6.14. The summed E-state index contributed by atoms with van der Waals surface area (Å²) in [5, 5.41) is 0.0242. The largest absolute Gasteiger partial charge is 0.454 e. The molecule has 3 aromatic carbocycles. The maximum atomic E-state index is 13.0. The molecule has 0 fully saturated rings. The van der Waals surface area contributed by atoms with Crippen LogP contribution in [0.15, 0.2) is 65.6 Å². The molecule has 0 heterocycles. The number of nitrogens with zero attached hydrogens (tertiary/aromatic N) is 1. The number of esters is 1. The topological polar surface area (TPSA) is 80.8 Å². The SMILES string of the molecule is Cc1cc(C)c(C(=O)COC(=O)c2cc(S(=O)(=O)N(C)c3ccccc3)ccc2Cl)cc1C. The molecule has 0 spiro atoms. The lowest BCUT2D eigenvalue weighted by atomic mass is 9.98. The van der Waals surface area contributed by atoms with Gasteiger partial charge in [-0.15, -0.1) is 0 Å². The predicted octanol–water partition coefficient (Wildman–Crippen LogP) is 5.13. The summed E-state index contributed by atoms with van der Waals surface area (Å²) in [6, 6.07) is 16.0. The summed E-state index contributed by atoms with van der Waals surface area (Å²) < 4.78 is 32.4. The Hall–Kier alpha value is -3.16. The molecule has 0 saturated heterocycles. The van der Waals surface area contributed by atoms with E-state index in [4.69, 9.17) is 16.3 Å². The van der Waals surface area contributed by atoms with E-state index in [9.17, 15) is 18.0 Å². The smallest absolute Gasteiger partial charge is 0.340 e. The first kappa shape index (κ1) is 24.5. The van der Waals surface area contributed by atoms with E-state index in [1.807, 2.05) is 26.8 Å². The van der Waals surface area contributed by atoms with Crippen LogP contribution < -0.4 is 4.31 Å². The fraction of sp³-hybridized carbons (Fsp3) is 0.200. The van der Waals surface area contributed by atoms with Crippen LogP contribution in [0, 0.1) is 20.8 Å². The first-order valence-electron chi connectivity index (χ1n) is 10.1. The van der Waals surface area contributed by atoms with E-state index in [2.05, 4.69) is 0 Å². The van der Waals surface area contributed by atoms with E-state index < -0.39 is 22.6 Å². The lowest BCUT2D eigenvalue weighted by molar-refractivity contribution is 0.0474. The molecular formula is C25H24ClNO5S. The number of hydrogen-bond acceptors (Lipinski definition) is 5. The Morgan fingerprint density at radius 3 is 2.18 bits per heavy atom. The molecule has 0 amide bonds. The van der Waals surface area contributed by atoms with Gasteiger partial charge in [-0.2, -0.15) is 0 Å². The number of hydrogen-bond donors (Lipinski definition) is 0. The first-order chi connectivity index (χ1) is 15.5. The predicted molar refractivity (Wildman–Crippen MR) is 129 cm³/mol. The normalized spacial score (nSPS) is 11.2. The van der Waals surface area contributed by atoms with Gasteiger partial charge in [0, 0.05) is 12.6 Å². The number of anilines is 1. The molecule has 0 bridgehead atoms. The summed E-state index contributed by atoms with van der Waals surface area (Å²) in [6.45, 7) is 5.18. The minimum Gasteiger partial charge on any atom is -0.454 e.